The maximum atomic E-state index is 12.1. The molecule has 0 saturated heterocycles. The van der Waals surface area contributed by atoms with Crippen LogP contribution in [-0.2, 0) is 26.0 Å². The van der Waals surface area contributed by atoms with Crippen LogP contribution in [0.2, 0.25) is 0 Å². The minimum atomic E-state index is -3.88. The summed E-state index contributed by atoms with van der Waals surface area (Å²) in [7, 11) is -3.88. The Labute approximate surface area is 166 Å². The van der Waals surface area contributed by atoms with Gasteiger partial charge in [-0.2, -0.15) is 0 Å². The molecule has 2 aromatic rings. The molecule has 154 valence electrons. The number of sulfonamides is 1. The van der Waals surface area contributed by atoms with E-state index < -0.39 is 40.4 Å². The molecule has 0 aliphatic carbocycles. The number of anilines is 1. The van der Waals surface area contributed by atoms with E-state index in [0.717, 1.165) is 12.1 Å². The van der Waals surface area contributed by atoms with Gasteiger partial charge >= 0.3 is 5.97 Å². The zero-order valence-corrected chi connectivity index (χ0v) is 16.0. The fourth-order valence-corrected chi connectivity index (χ4v) is 2.91. The molecule has 0 aliphatic heterocycles. The van der Waals surface area contributed by atoms with Crippen molar-refractivity contribution in [3.8, 4) is 0 Å². The molecule has 2 aromatic carbocycles. The van der Waals surface area contributed by atoms with Crippen molar-refractivity contribution in [3.05, 3.63) is 59.7 Å². The van der Waals surface area contributed by atoms with Crippen molar-refractivity contribution in [1.82, 2.24) is 10.6 Å². The molecule has 1 unspecified atom stereocenters. The van der Waals surface area contributed by atoms with Gasteiger partial charge in [0.05, 0.1) is 11.4 Å². The number of aliphatic carboxylic acids is 1. The number of carboxylic acid groups (broad SMARTS) is 1. The number of primary sulfonamides is 1. The highest BCUT2D eigenvalue weighted by Gasteiger charge is 2.21. The van der Waals surface area contributed by atoms with Crippen LogP contribution in [0.4, 0.5) is 5.69 Å². The molecule has 0 spiro atoms. The second kappa shape index (κ2) is 9.17. The third-order valence-corrected chi connectivity index (χ3v) is 4.84. The van der Waals surface area contributed by atoms with Gasteiger partial charge in [-0.05, 0) is 42.0 Å². The van der Waals surface area contributed by atoms with Gasteiger partial charge in [0, 0.05) is 17.7 Å². The number of nitrogens with one attached hydrogen (secondary N) is 2. The number of carbonyl (C=O) groups is 3. The zero-order valence-electron chi connectivity index (χ0n) is 15.2. The maximum absolute atomic E-state index is 12.1. The van der Waals surface area contributed by atoms with Crippen molar-refractivity contribution in [3.63, 3.8) is 0 Å². The molecule has 2 amide bonds. The summed E-state index contributed by atoms with van der Waals surface area (Å²) in [5.41, 5.74) is 6.90. The molecular weight excluding hydrogens is 400 g/mol. The summed E-state index contributed by atoms with van der Waals surface area (Å²) in [6, 6.07) is 10.2. The Morgan fingerprint density at radius 2 is 1.59 bits per heavy atom. The van der Waals surface area contributed by atoms with Crippen LogP contribution in [0.5, 0.6) is 0 Å². The Balaban J connectivity index is 1.92. The minimum Gasteiger partial charge on any atom is -0.480 e. The summed E-state index contributed by atoms with van der Waals surface area (Å²) in [6.45, 7) is -0.457. The smallest absolute Gasteiger partial charge is 0.326 e. The lowest BCUT2D eigenvalue weighted by atomic mass is 10.1. The fraction of sp³-hybridized carbons (Fsp3) is 0.167. The molecule has 0 radical (unpaired) electrons. The molecule has 2 rings (SSSR count). The largest absolute Gasteiger partial charge is 0.480 e. The highest BCUT2D eigenvalue weighted by atomic mass is 32.2. The lowest BCUT2D eigenvalue weighted by Gasteiger charge is -2.15. The van der Waals surface area contributed by atoms with Crippen molar-refractivity contribution in [1.29, 1.82) is 0 Å². The first-order chi connectivity index (χ1) is 13.6. The van der Waals surface area contributed by atoms with E-state index in [1.165, 1.54) is 12.1 Å². The zero-order chi connectivity index (χ0) is 21.6. The Morgan fingerprint density at radius 1 is 1.00 bits per heavy atom. The summed E-state index contributed by atoms with van der Waals surface area (Å²) >= 11 is 0. The van der Waals surface area contributed by atoms with Gasteiger partial charge < -0.3 is 21.5 Å². The first kappa shape index (κ1) is 21.9. The molecule has 10 nitrogen and oxygen atoms in total. The van der Waals surface area contributed by atoms with Crippen LogP contribution >= 0.6 is 0 Å². The molecule has 0 aliphatic rings. The van der Waals surface area contributed by atoms with Crippen LogP contribution in [0, 0.1) is 0 Å². The van der Waals surface area contributed by atoms with E-state index in [4.69, 9.17) is 10.9 Å². The molecule has 1 atom stereocenters. The van der Waals surface area contributed by atoms with Crippen molar-refractivity contribution in [2.75, 3.05) is 12.3 Å². The van der Waals surface area contributed by atoms with Gasteiger partial charge in [-0.3, -0.25) is 9.59 Å². The Morgan fingerprint density at radius 3 is 2.10 bits per heavy atom. The number of hydrogen-bond donors (Lipinski definition) is 5. The van der Waals surface area contributed by atoms with Crippen LogP contribution in [-0.4, -0.2) is 43.9 Å². The maximum Gasteiger partial charge on any atom is 0.326 e. The highest BCUT2D eigenvalue weighted by Crippen LogP contribution is 2.09. The van der Waals surface area contributed by atoms with Gasteiger partial charge in [-0.1, -0.05) is 12.1 Å². The van der Waals surface area contributed by atoms with E-state index in [1.807, 2.05) is 0 Å². The van der Waals surface area contributed by atoms with E-state index in [-0.39, 0.29) is 16.9 Å². The summed E-state index contributed by atoms with van der Waals surface area (Å²) < 4.78 is 22.4. The molecule has 0 aromatic heterocycles. The topological polar surface area (TPSA) is 182 Å². The van der Waals surface area contributed by atoms with E-state index in [2.05, 4.69) is 10.6 Å². The average molecular weight is 420 g/mol. The number of nitrogen functional groups attached to an aromatic ring is 1. The molecule has 0 saturated carbocycles. The molecular formula is C18H20N4O6S. The highest BCUT2D eigenvalue weighted by molar-refractivity contribution is 7.89. The van der Waals surface area contributed by atoms with Crippen molar-refractivity contribution in [2.24, 2.45) is 5.14 Å². The SMILES string of the molecule is Nc1ccc(CC(NC(=O)CNC(=O)c2ccc(S(N)(=O)=O)cc2)C(=O)O)cc1. The van der Waals surface area contributed by atoms with Crippen molar-refractivity contribution >= 4 is 33.5 Å². The van der Waals surface area contributed by atoms with Crippen LogP contribution < -0.4 is 21.5 Å². The standard InChI is InChI=1S/C18H20N4O6S/c19-13-5-1-11(2-6-13)9-15(18(25)26)22-16(23)10-21-17(24)12-3-7-14(8-4-12)29(20,27)28/h1-8,15H,9-10,19H2,(H,21,24)(H,22,23)(H,25,26)(H2,20,27,28). The second-order valence-electron chi connectivity index (χ2n) is 6.16. The van der Waals surface area contributed by atoms with Gasteiger partial charge in [0.1, 0.15) is 6.04 Å². The normalized spacial score (nSPS) is 12.0. The van der Waals surface area contributed by atoms with E-state index in [1.54, 1.807) is 24.3 Å². The number of carboxylic acids is 1. The summed E-state index contributed by atoms with van der Waals surface area (Å²) in [5, 5.41) is 18.9. The molecule has 11 heteroatoms. The number of nitrogens with two attached hydrogens (primary N) is 2. The third kappa shape index (κ3) is 6.59. The molecule has 0 heterocycles. The monoisotopic (exact) mass is 420 g/mol. The average Bonchev–Trinajstić information content (AvgIpc) is 2.66. The lowest BCUT2D eigenvalue weighted by molar-refractivity contribution is -0.141. The third-order valence-electron chi connectivity index (χ3n) is 3.91. The van der Waals surface area contributed by atoms with Crippen molar-refractivity contribution < 1.29 is 27.9 Å². The van der Waals surface area contributed by atoms with E-state index in [9.17, 15) is 27.9 Å². The molecule has 7 N–H and O–H groups in total. The van der Waals surface area contributed by atoms with Crippen molar-refractivity contribution in [2.45, 2.75) is 17.4 Å². The second-order valence-corrected chi connectivity index (χ2v) is 7.72. The fourth-order valence-electron chi connectivity index (χ4n) is 2.39. The van der Waals surface area contributed by atoms with Crippen LogP contribution in [0.3, 0.4) is 0 Å². The van der Waals surface area contributed by atoms with Crippen LogP contribution in [0.15, 0.2) is 53.4 Å². The van der Waals surface area contributed by atoms with Gasteiger partial charge in [-0.15, -0.1) is 0 Å². The van der Waals surface area contributed by atoms with E-state index >= 15 is 0 Å². The van der Waals surface area contributed by atoms with Gasteiger partial charge in [0.15, 0.2) is 0 Å². The lowest BCUT2D eigenvalue weighted by Crippen LogP contribution is -2.46. The minimum absolute atomic E-state index is 0.0460. The van der Waals surface area contributed by atoms with Crippen LogP contribution in [0.1, 0.15) is 15.9 Å². The van der Waals surface area contributed by atoms with Crippen LogP contribution in [0.25, 0.3) is 0 Å². The number of rotatable bonds is 8. The number of benzene rings is 2. The number of amides is 2. The predicted octanol–water partition coefficient (Wildman–Crippen LogP) is -0.542. The van der Waals surface area contributed by atoms with Gasteiger partial charge in [0.2, 0.25) is 15.9 Å². The Kier molecular flexibility index (Phi) is 6.91. The number of hydrogen-bond acceptors (Lipinski definition) is 6. The Bertz CT molecular complexity index is 1000. The number of carbonyl (C=O) groups excluding carboxylic acids is 2. The Hall–Kier alpha value is -3.44. The predicted molar refractivity (Wildman–Crippen MR) is 104 cm³/mol. The molecule has 29 heavy (non-hydrogen) atoms. The quantitative estimate of drug-likeness (QED) is 0.355. The van der Waals surface area contributed by atoms with Gasteiger partial charge in [0.25, 0.3) is 5.91 Å². The summed E-state index contributed by atoms with van der Waals surface area (Å²) in [6.07, 6.45) is 0.0460. The summed E-state index contributed by atoms with van der Waals surface area (Å²) in [5.74, 6) is -2.55. The first-order valence-corrected chi connectivity index (χ1v) is 9.88. The van der Waals surface area contributed by atoms with E-state index in [0.29, 0.717) is 11.3 Å². The van der Waals surface area contributed by atoms with Gasteiger partial charge in [-0.25, -0.2) is 18.4 Å². The summed E-state index contributed by atoms with van der Waals surface area (Å²) in [4.78, 5) is 35.3. The molecule has 0 fully saturated rings. The molecule has 0 bridgehead atoms. The first-order valence-electron chi connectivity index (χ1n) is 8.34.